The highest BCUT2D eigenvalue weighted by Gasteiger charge is 2.32. The summed E-state index contributed by atoms with van der Waals surface area (Å²) < 4.78 is 5.79. The van der Waals surface area contributed by atoms with Gasteiger partial charge in [-0.1, -0.05) is 36.4 Å². The maximum absolute atomic E-state index is 13.2. The van der Waals surface area contributed by atoms with Crippen LogP contribution in [0.15, 0.2) is 60.7 Å². The van der Waals surface area contributed by atoms with Crippen molar-refractivity contribution in [3.8, 4) is 16.2 Å². The van der Waals surface area contributed by atoms with Crippen LogP contribution in [0.25, 0.3) is 10.4 Å². The van der Waals surface area contributed by atoms with E-state index in [1.165, 1.54) is 0 Å². The Kier molecular flexibility index (Phi) is 3.68. The van der Waals surface area contributed by atoms with Crippen LogP contribution in [0.1, 0.15) is 9.67 Å². The van der Waals surface area contributed by atoms with Crippen molar-refractivity contribution in [3.63, 3.8) is 0 Å². The number of hydrogen-bond donors (Lipinski definition) is 0. The Labute approximate surface area is 156 Å². The Bertz CT molecular complexity index is 967. The molecule has 0 unspecified atom stereocenters. The van der Waals surface area contributed by atoms with Gasteiger partial charge in [0.2, 0.25) is 0 Å². The Morgan fingerprint density at radius 3 is 2.69 bits per heavy atom. The van der Waals surface area contributed by atoms with Gasteiger partial charge in [0.1, 0.15) is 18.0 Å². The first-order valence-electron chi connectivity index (χ1n) is 8.79. The fraction of sp³-hybridized carbons (Fsp3) is 0.190. The molecule has 3 heterocycles. The largest absolute Gasteiger partial charge is 0.489 e. The molecular weight excluding hydrogens is 344 g/mol. The van der Waals surface area contributed by atoms with Crippen LogP contribution in [0, 0.1) is 0 Å². The quantitative estimate of drug-likeness (QED) is 0.682. The van der Waals surface area contributed by atoms with Crippen LogP contribution < -0.4 is 14.5 Å². The molecule has 2 aliphatic heterocycles. The van der Waals surface area contributed by atoms with Crippen molar-refractivity contribution in [2.45, 2.75) is 0 Å². The summed E-state index contributed by atoms with van der Waals surface area (Å²) in [7, 11) is 0. The van der Waals surface area contributed by atoms with E-state index in [4.69, 9.17) is 4.74 Å². The molecule has 0 fully saturated rings. The maximum Gasteiger partial charge on any atom is 0.268 e. The van der Waals surface area contributed by atoms with E-state index < -0.39 is 0 Å². The van der Waals surface area contributed by atoms with E-state index >= 15 is 0 Å². The van der Waals surface area contributed by atoms with Crippen LogP contribution in [0.2, 0.25) is 0 Å². The molecule has 4 nitrogen and oxygen atoms in total. The highest BCUT2D eigenvalue weighted by molar-refractivity contribution is 7.17. The molecule has 0 saturated carbocycles. The average molecular weight is 362 g/mol. The molecule has 0 N–H and O–H groups in total. The van der Waals surface area contributed by atoms with Gasteiger partial charge in [0.05, 0.1) is 17.1 Å². The number of hydrogen-bond acceptors (Lipinski definition) is 4. The van der Waals surface area contributed by atoms with Gasteiger partial charge < -0.3 is 14.5 Å². The molecule has 130 valence electrons. The van der Waals surface area contributed by atoms with E-state index in [0.717, 1.165) is 45.5 Å². The summed E-state index contributed by atoms with van der Waals surface area (Å²) >= 11 is 1.55. The highest BCUT2D eigenvalue weighted by atomic mass is 32.1. The van der Waals surface area contributed by atoms with Crippen molar-refractivity contribution >= 4 is 28.6 Å². The second-order valence-corrected chi connectivity index (χ2v) is 7.53. The van der Waals surface area contributed by atoms with Crippen molar-refractivity contribution in [2.75, 3.05) is 36.0 Å². The van der Waals surface area contributed by atoms with Gasteiger partial charge in [-0.25, -0.2) is 0 Å². The van der Waals surface area contributed by atoms with E-state index in [0.29, 0.717) is 13.2 Å². The van der Waals surface area contributed by atoms with Crippen molar-refractivity contribution < 1.29 is 9.53 Å². The number of benzene rings is 2. The van der Waals surface area contributed by atoms with E-state index in [2.05, 4.69) is 17.0 Å². The third-order valence-electron chi connectivity index (χ3n) is 4.92. The van der Waals surface area contributed by atoms with Crippen molar-refractivity contribution in [1.82, 2.24) is 0 Å². The molecule has 1 amide bonds. The van der Waals surface area contributed by atoms with Crippen LogP contribution in [-0.2, 0) is 0 Å². The van der Waals surface area contributed by atoms with E-state index in [1.807, 2.05) is 53.4 Å². The Morgan fingerprint density at radius 2 is 1.81 bits per heavy atom. The van der Waals surface area contributed by atoms with Gasteiger partial charge in [0, 0.05) is 18.0 Å². The smallest absolute Gasteiger partial charge is 0.268 e. The third kappa shape index (κ3) is 2.47. The molecule has 5 heteroatoms. The first-order chi connectivity index (χ1) is 12.8. The molecule has 2 aliphatic rings. The first kappa shape index (κ1) is 15.5. The zero-order valence-corrected chi connectivity index (χ0v) is 15.0. The normalized spacial score (nSPS) is 15.4. The number of para-hydroxylation sites is 1. The molecule has 0 spiro atoms. The molecule has 0 bridgehead atoms. The van der Waals surface area contributed by atoms with Crippen LogP contribution in [0.5, 0.6) is 5.75 Å². The number of anilines is 2. The maximum atomic E-state index is 13.2. The zero-order chi connectivity index (χ0) is 17.5. The fourth-order valence-corrected chi connectivity index (χ4v) is 4.62. The number of ether oxygens (including phenoxy) is 1. The summed E-state index contributed by atoms with van der Waals surface area (Å²) in [5, 5.41) is 0. The molecule has 0 atom stereocenters. The van der Waals surface area contributed by atoms with Gasteiger partial charge in [0.15, 0.2) is 0 Å². The summed E-state index contributed by atoms with van der Waals surface area (Å²) in [6.45, 7) is 3.13. The molecular formula is C21H18N2O2S. The van der Waals surface area contributed by atoms with Crippen molar-refractivity contribution in [2.24, 2.45) is 0 Å². The molecule has 5 rings (SSSR count). The van der Waals surface area contributed by atoms with Crippen LogP contribution >= 0.6 is 11.3 Å². The Hall–Kier alpha value is -2.79. The lowest BCUT2D eigenvalue weighted by Crippen LogP contribution is -2.46. The minimum absolute atomic E-state index is 0.0656. The summed E-state index contributed by atoms with van der Waals surface area (Å²) in [6, 6.07) is 20.1. The predicted octanol–water partition coefficient (Wildman–Crippen LogP) is 4.27. The topological polar surface area (TPSA) is 32.8 Å². The van der Waals surface area contributed by atoms with E-state index in [-0.39, 0.29) is 5.91 Å². The van der Waals surface area contributed by atoms with Crippen LogP contribution in [-0.4, -0.2) is 32.1 Å². The second-order valence-electron chi connectivity index (χ2n) is 6.45. The first-order valence-corrected chi connectivity index (χ1v) is 9.61. The SMILES string of the molecule is O=C(c1ccc(-c2ccccc2)s1)N1CCN2CCOc3cccc1c32. The van der Waals surface area contributed by atoms with Crippen molar-refractivity contribution in [1.29, 1.82) is 0 Å². The lowest BCUT2D eigenvalue weighted by Gasteiger charge is -2.40. The number of carbonyl (C=O) groups excluding carboxylic acids is 1. The summed E-state index contributed by atoms with van der Waals surface area (Å²) in [5.41, 5.74) is 3.15. The predicted molar refractivity (Wildman–Crippen MR) is 106 cm³/mol. The average Bonchev–Trinajstić information content (AvgIpc) is 3.19. The molecule has 3 aromatic rings. The number of nitrogens with zero attached hydrogens (tertiary/aromatic N) is 2. The minimum Gasteiger partial charge on any atom is -0.489 e. The third-order valence-corrected chi connectivity index (χ3v) is 6.04. The lowest BCUT2D eigenvalue weighted by atomic mass is 10.1. The monoisotopic (exact) mass is 362 g/mol. The van der Waals surface area contributed by atoms with Gasteiger partial charge in [-0.15, -0.1) is 11.3 Å². The van der Waals surface area contributed by atoms with Gasteiger partial charge in [-0.3, -0.25) is 4.79 Å². The molecule has 26 heavy (non-hydrogen) atoms. The van der Waals surface area contributed by atoms with Gasteiger partial charge in [-0.05, 0) is 29.8 Å². The van der Waals surface area contributed by atoms with Gasteiger partial charge in [0.25, 0.3) is 5.91 Å². The minimum atomic E-state index is 0.0656. The van der Waals surface area contributed by atoms with Crippen LogP contribution in [0.3, 0.4) is 0 Å². The second kappa shape index (κ2) is 6.18. The van der Waals surface area contributed by atoms with Crippen LogP contribution in [0.4, 0.5) is 11.4 Å². The Balaban J connectivity index is 1.49. The standard InChI is InChI=1S/C21H18N2O2S/c24-21(19-10-9-18(26-19)15-5-2-1-3-6-15)23-12-11-22-13-14-25-17-8-4-7-16(23)20(17)22/h1-10H,11-14H2. The Morgan fingerprint density at radius 1 is 0.923 bits per heavy atom. The van der Waals surface area contributed by atoms with E-state index in [1.54, 1.807) is 11.3 Å². The fourth-order valence-electron chi connectivity index (χ4n) is 3.66. The summed E-state index contributed by atoms with van der Waals surface area (Å²) in [4.78, 5) is 19.3. The molecule has 0 radical (unpaired) electrons. The summed E-state index contributed by atoms with van der Waals surface area (Å²) in [5.74, 6) is 0.943. The number of carbonyl (C=O) groups is 1. The number of rotatable bonds is 2. The molecule has 1 aromatic heterocycles. The lowest BCUT2D eigenvalue weighted by molar-refractivity contribution is 0.0990. The number of amides is 1. The van der Waals surface area contributed by atoms with E-state index in [9.17, 15) is 4.79 Å². The van der Waals surface area contributed by atoms with Crippen molar-refractivity contribution in [3.05, 3.63) is 65.5 Å². The molecule has 0 aliphatic carbocycles. The molecule has 0 saturated heterocycles. The zero-order valence-electron chi connectivity index (χ0n) is 14.2. The molecule has 2 aromatic carbocycles. The van der Waals surface area contributed by atoms with Gasteiger partial charge in [-0.2, -0.15) is 0 Å². The number of thiophene rings is 1. The van der Waals surface area contributed by atoms with Gasteiger partial charge >= 0.3 is 0 Å². The highest BCUT2D eigenvalue weighted by Crippen LogP contribution is 2.43. The summed E-state index contributed by atoms with van der Waals surface area (Å²) in [6.07, 6.45) is 0.